The SMILES string of the molecule is CCCCCCc1ccc(C(=O)Nc2ccc(N3CCN(c4ccccc4OC)CC3)c(C(=O)NCCN3CCOCC3)c2)cc1. The smallest absolute Gasteiger partial charge is 0.255 e. The van der Waals surface area contributed by atoms with Crippen molar-refractivity contribution in [3.05, 3.63) is 83.4 Å². The summed E-state index contributed by atoms with van der Waals surface area (Å²) >= 11 is 0. The summed E-state index contributed by atoms with van der Waals surface area (Å²) < 4.78 is 11.0. The second-order valence-electron chi connectivity index (χ2n) is 12.0. The van der Waals surface area contributed by atoms with Crippen molar-refractivity contribution in [3.63, 3.8) is 0 Å². The minimum Gasteiger partial charge on any atom is -0.495 e. The molecular formula is C37H49N5O4. The summed E-state index contributed by atoms with van der Waals surface area (Å²) in [5.74, 6) is 0.534. The molecule has 2 amide bonds. The molecule has 3 aromatic carbocycles. The van der Waals surface area contributed by atoms with Crippen molar-refractivity contribution in [2.24, 2.45) is 0 Å². The molecule has 0 saturated carbocycles. The Kier molecular flexibility index (Phi) is 12.3. The van der Waals surface area contributed by atoms with Gasteiger partial charge in [0.05, 0.1) is 31.6 Å². The van der Waals surface area contributed by atoms with Crippen LogP contribution in [0.15, 0.2) is 66.7 Å². The standard InChI is InChI=1S/C37H49N5O4/c1-3-4-5-6-9-29-12-14-30(15-13-29)36(43)39-31-16-17-33(32(28-31)37(44)38-18-19-40-24-26-46-27-25-40)41-20-22-42(23-21-41)34-10-7-8-11-35(34)45-2/h7-8,10-17,28H,3-6,9,18-27H2,1-2H3,(H,38,44)(H,39,43). The Morgan fingerprint density at radius 2 is 1.52 bits per heavy atom. The molecular weight excluding hydrogens is 578 g/mol. The molecule has 0 aliphatic carbocycles. The molecule has 2 N–H and O–H groups in total. The summed E-state index contributed by atoms with van der Waals surface area (Å²) in [5.41, 5.74) is 4.96. The number of anilines is 3. The quantitative estimate of drug-likeness (QED) is 0.230. The number of nitrogens with zero attached hydrogens (tertiary/aromatic N) is 3. The lowest BCUT2D eigenvalue weighted by atomic mass is 10.0. The number of methoxy groups -OCH3 is 1. The molecule has 2 heterocycles. The second kappa shape index (κ2) is 17.0. The lowest BCUT2D eigenvalue weighted by molar-refractivity contribution is 0.0383. The third-order valence-electron chi connectivity index (χ3n) is 8.90. The normalized spacial score (nSPS) is 15.4. The molecule has 2 saturated heterocycles. The number of amides is 2. The Morgan fingerprint density at radius 1 is 0.804 bits per heavy atom. The van der Waals surface area contributed by atoms with Gasteiger partial charge in [-0.1, -0.05) is 50.5 Å². The van der Waals surface area contributed by atoms with Crippen LogP contribution in [0.5, 0.6) is 5.75 Å². The molecule has 0 atom stereocenters. The molecule has 2 fully saturated rings. The van der Waals surface area contributed by atoms with Crippen LogP contribution >= 0.6 is 0 Å². The number of carbonyl (C=O) groups excluding carboxylic acids is 2. The fourth-order valence-corrected chi connectivity index (χ4v) is 6.18. The van der Waals surface area contributed by atoms with Crippen molar-refractivity contribution < 1.29 is 19.1 Å². The molecule has 0 bridgehead atoms. The van der Waals surface area contributed by atoms with Crippen molar-refractivity contribution in [2.75, 3.05) is 87.8 Å². The average Bonchev–Trinajstić information content (AvgIpc) is 3.11. The van der Waals surface area contributed by atoms with Gasteiger partial charge in [0.25, 0.3) is 11.8 Å². The van der Waals surface area contributed by atoms with Crippen LogP contribution < -0.4 is 25.2 Å². The Labute approximate surface area is 273 Å². The van der Waals surface area contributed by atoms with Crippen LogP contribution in [-0.2, 0) is 11.2 Å². The number of carbonyl (C=O) groups is 2. The van der Waals surface area contributed by atoms with Gasteiger partial charge in [0.1, 0.15) is 5.75 Å². The first-order chi connectivity index (χ1) is 22.6. The van der Waals surface area contributed by atoms with Crippen molar-refractivity contribution >= 4 is 28.9 Å². The Balaban J connectivity index is 1.27. The molecule has 0 radical (unpaired) electrons. The number of hydrogen-bond acceptors (Lipinski definition) is 7. The van der Waals surface area contributed by atoms with E-state index in [0.717, 1.165) is 82.6 Å². The monoisotopic (exact) mass is 627 g/mol. The van der Waals surface area contributed by atoms with Gasteiger partial charge in [-0.3, -0.25) is 14.5 Å². The zero-order valence-corrected chi connectivity index (χ0v) is 27.4. The number of nitrogens with one attached hydrogen (secondary N) is 2. The maximum Gasteiger partial charge on any atom is 0.255 e. The third-order valence-corrected chi connectivity index (χ3v) is 8.90. The number of ether oxygens (including phenoxy) is 2. The van der Waals surface area contributed by atoms with E-state index >= 15 is 0 Å². The zero-order chi connectivity index (χ0) is 32.1. The first-order valence-corrected chi connectivity index (χ1v) is 16.8. The summed E-state index contributed by atoms with van der Waals surface area (Å²) in [6.07, 6.45) is 5.90. The first-order valence-electron chi connectivity index (χ1n) is 16.8. The first kappa shape index (κ1) is 33.3. The fraction of sp³-hybridized carbons (Fsp3) is 0.459. The van der Waals surface area contributed by atoms with Gasteiger partial charge in [-0.15, -0.1) is 0 Å². The van der Waals surface area contributed by atoms with Crippen LogP contribution in [-0.4, -0.2) is 89.4 Å². The number of unbranched alkanes of at least 4 members (excludes halogenated alkanes) is 3. The average molecular weight is 628 g/mol. The van der Waals surface area contributed by atoms with E-state index in [2.05, 4.69) is 38.3 Å². The van der Waals surface area contributed by atoms with Gasteiger partial charge >= 0.3 is 0 Å². The van der Waals surface area contributed by atoms with E-state index in [0.29, 0.717) is 23.4 Å². The highest BCUT2D eigenvalue weighted by atomic mass is 16.5. The summed E-state index contributed by atoms with van der Waals surface area (Å²) in [6, 6.07) is 21.6. The summed E-state index contributed by atoms with van der Waals surface area (Å²) in [6.45, 7) is 9.83. The lowest BCUT2D eigenvalue weighted by Crippen LogP contribution is -2.47. The fourth-order valence-electron chi connectivity index (χ4n) is 6.18. The molecule has 2 aliphatic rings. The molecule has 2 aliphatic heterocycles. The second-order valence-corrected chi connectivity index (χ2v) is 12.0. The number of aryl methyl sites for hydroxylation is 1. The molecule has 3 aromatic rings. The maximum atomic E-state index is 13.7. The molecule has 0 aromatic heterocycles. The highest BCUT2D eigenvalue weighted by molar-refractivity contribution is 6.06. The van der Waals surface area contributed by atoms with Crippen molar-refractivity contribution in [2.45, 2.75) is 39.0 Å². The largest absolute Gasteiger partial charge is 0.495 e. The lowest BCUT2D eigenvalue weighted by Gasteiger charge is -2.38. The van der Waals surface area contributed by atoms with E-state index in [1.54, 1.807) is 7.11 Å². The number of para-hydroxylation sites is 2. The van der Waals surface area contributed by atoms with E-state index in [1.807, 2.05) is 60.7 Å². The van der Waals surface area contributed by atoms with Gasteiger partial charge in [0.2, 0.25) is 0 Å². The Hall–Kier alpha value is -4.08. The van der Waals surface area contributed by atoms with Crippen LogP contribution in [0.25, 0.3) is 0 Å². The summed E-state index contributed by atoms with van der Waals surface area (Å²) in [4.78, 5) is 33.8. The van der Waals surface area contributed by atoms with Gasteiger partial charge < -0.3 is 29.9 Å². The predicted octanol–water partition coefficient (Wildman–Crippen LogP) is 5.46. The zero-order valence-electron chi connectivity index (χ0n) is 27.4. The number of rotatable bonds is 14. The minimum atomic E-state index is -0.186. The molecule has 46 heavy (non-hydrogen) atoms. The highest BCUT2D eigenvalue weighted by Crippen LogP contribution is 2.31. The number of piperazine rings is 1. The van der Waals surface area contributed by atoms with Gasteiger partial charge in [-0.2, -0.15) is 0 Å². The van der Waals surface area contributed by atoms with Crippen LogP contribution in [0, 0.1) is 0 Å². The Morgan fingerprint density at radius 3 is 2.24 bits per heavy atom. The molecule has 246 valence electrons. The van der Waals surface area contributed by atoms with Crippen molar-refractivity contribution in [3.8, 4) is 5.75 Å². The molecule has 9 nitrogen and oxygen atoms in total. The highest BCUT2D eigenvalue weighted by Gasteiger charge is 2.24. The van der Waals surface area contributed by atoms with Gasteiger partial charge in [0, 0.05) is 69.3 Å². The van der Waals surface area contributed by atoms with Gasteiger partial charge in [-0.25, -0.2) is 0 Å². The predicted molar refractivity (Wildman–Crippen MR) is 186 cm³/mol. The minimum absolute atomic E-state index is 0.140. The number of benzene rings is 3. The van der Waals surface area contributed by atoms with Crippen LogP contribution in [0.1, 0.15) is 58.9 Å². The van der Waals surface area contributed by atoms with Crippen LogP contribution in [0.3, 0.4) is 0 Å². The van der Waals surface area contributed by atoms with Gasteiger partial charge in [0.15, 0.2) is 0 Å². The van der Waals surface area contributed by atoms with Crippen molar-refractivity contribution in [1.29, 1.82) is 0 Å². The molecule has 9 heteroatoms. The van der Waals surface area contributed by atoms with E-state index in [4.69, 9.17) is 9.47 Å². The summed E-state index contributed by atoms with van der Waals surface area (Å²) in [7, 11) is 1.70. The maximum absolute atomic E-state index is 13.7. The van der Waals surface area contributed by atoms with Crippen LogP contribution in [0.4, 0.5) is 17.1 Å². The Bertz CT molecular complexity index is 1420. The van der Waals surface area contributed by atoms with E-state index in [1.165, 1.54) is 31.2 Å². The number of morpholine rings is 1. The third kappa shape index (κ3) is 9.01. The van der Waals surface area contributed by atoms with Crippen molar-refractivity contribution in [1.82, 2.24) is 10.2 Å². The van der Waals surface area contributed by atoms with Gasteiger partial charge in [-0.05, 0) is 60.9 Å². The van der Waals surface area contributed by atoms with E-state index in [9.17, 15) is 9.59 Å². The van der Waals surface area contributed by atoms with E-state index < -0.39 is 0 Å². The number of hydrogen-bond donors (Lipinski definition) is 2. The molecule has 0 spiro atoms. The van der Waals surface area contributed by atoms with E-state index in [-0.39, 0.29) is 11.8 Å². The topological polar surface area (TPSA) is 86.4 Å². The molecule has 0 unspecified atom stereocenters. The molecule has 5 rings (SSSR count). The summed E-state index contributed by atoms with van der Waals surface area (Å²) in [5, 5.41) is 6.16. The van der Waals surface area contributed by atoms with Crippen LogP contribution in [0.2, 0.25) is 0 Å².